The molecule has 0 amide bonds. The molecule has 2 rings (SSSR count). The van der Waals surface area contributed by atoms with E-state index in [0.29, 0.717) is 17.5 Å². The predicted molar refractivity (Wildman–Crippen MR) is 72.3 cm³/mol. The van der Waals surface area contributed by atoms with Gasteiger partial charge >= 0.3 is 5.97 Å². The van der Waals surface area contributed by atoms with Crippen LogP contribution in [0.15, 0.2) is 18.3 Å². The molecule has 1 aromatic heterocycles. The maximum absolute atomic E-state index is 11.6. The van der Waals surface area contributed by atoms with E-state index in [1.807, 2.05) is 0 Å². The topological polar surface area (TPSA) is 60.5 Å². The number of anilines is 1. The lowest BCUT2D eigenvalue weighted by atomic mass is 10.1. The Hall–Kier alpha value is -1.62. The van der Waals surface area contributed by atoms with Gasteiger partial charge in [-0.15, -0.1) is 0 Å². The maximum Gasteiger partial charge on any atom is 0.341 e. The molecule has 1 aliphatic heterocycles. The van der Waals surface area contributed by atoms with Crippen molar-refractivity contribution in [2.45, 2.75) is 31.8 Å². The van der Waals surface area contributed by atoms with Crippen molar-refractivity contribution in [3.8, 4) is 0 Å². The molecule has 1 atom stereocenters. The molecule has 0 bridgehead atoms. The number of ether oxygens (including phenoxy) is 2. The second-order valence-corrected chi connectivity index (χ2v) is 4.60. The third kappa shape index (κ3) is 3.92. The summed E-state index contributed by atoms with van der Waals surface area (Å²) < 4.78 is 10.4. The highest BCUT2D eigenvalue weighted by Crippen LogP contribution is 2.17. The molecule has 1 unspecified atom stereocenters. The summed E-state index contributed by atoms with van der Waals surface area (Å²) in [7, 11) is 1.37. The second-order valence-electron chi connectivity index (χ2n) is 4.60. The molecule has 2 heterocycles. The fraction of sp³-hybridized carbons (Fsp3) is 0.571. The van der Waals surface area contributed by atoms with Gasteiger partial charge in [-0.25, -0.2) is 9.78 Å². The van der Waals surface area contributed by atoms with Crippen LogP contribution in [0.25, 0.3) is 0 Å². The van der Waals surface area contributed by atoms with Crippen molar-refractivity contribution in [1.29, 1.82) is 0 Å². The zero-order valence-electron chi connectivity index (χ0n) is 11.2. The van der Waals surface area contributed by atoms with E-state index in [1.165, 1.54) is 13.5 Å². The van der Waals surface area contributed by atoms with E-state index in [4.69, 9.17) is 9.47 Å². The molecule has 1 aliphatic rings. The minimum absolute atomic E-state index is 0.325. The fourth-order valence-corrected chi connectivity index (χ4v) is 2.21. The summed E-state index contributed by atoms with van der Waals surface area (Å²) in [6.45, 7) is 1.60. The Kier molecular flexibility index (Phi) is 5.15. The van der Waals surface area contributed by atoms with E-state index < -0.39 is 0 Å². The molecular weight excluding hydrogens is 244 g/mol. The van der Waals surface area contributed by atoms with Crippen molar-refractivity contribution in [1.82, 2.24) is 4.98 Å². The fourth-order valence-electron chi connectivity index (χ4n) is 2.21. The summed E-state index contributed by atoms with van der Waals surface area (Å²) >= 11 is 0. The molecular formula is C14H20N2O3. The molecule has 0 radical (unpaired) electrons. The molecule has 104 valence electrons. The molecule has 5 nitrogen and oxygen atoms in total. The SMILES string of the molecule is COC(=O)c1cccnc1NCCC1CCCCO1. The number of hydrogen-bond donors (Lipinski definition) is 1. The van der Waals surface area contributed by atoms with Gasteiger partial charge in [0.05, 0.1) is 13.2 Å². The highest BCUT2D eigenvalue weighted by atomic mass is 16.5. The highest BCUT2D eigenvalue weighted by Gasteiger charge is 2.15. The van der Waals surface area contributed by atoms with Crippen LogP contribution in [0.3, 0.4) is 0 Å². The van der Waals surface area contributed by atoms with Gasteiger partial charge in [-0.2, -0.15) is 0 Å². The number of carbonyl (C=O) groups is 1. The lowest BCUT2D eigenvalue weighted by Gasteiger charge is -2.22. The second kappa shape index (κ2) is 7.09. The number of nitrogens with one attached hydrogen (secondary N) is 1. The van der Waals surface area contributed by atoms with Crippen LogP contribution in [0.1, 0.15) is 36.0 Å². The van der Waals surface area contributed by atoms with Gasteiger partial charge in [0, 0.05) is 19.3 Å². The van der Waals surface area contributed by atoms with Crippen LogP contribution in [-0.4, -0.2) is 37.3 Å². The standard InChI is InChI=1S/C14H20N2O3/c1-18-14(17)12-6-4-8-15-13(12)16-9-7-11-5-2-3-10-19-11/h4,6,8,11H,2-3,5,7,9-10H2,1H3,(H,15,16). The van der Waals surface area contributed by atoms with Crippen molar-refractivity contribution in [3.63, 3.8) is 0 Å². The van der Waals surface area contributed by atoms with Crippen molar-refractivity contribution >= 4 is 11.8 Å². The highest BCUT2D eigenvalue weighted by molar-refractivity contribution is 5.94. The van der Waals surface area contributed by atoms with Crippen molar-refractivity contribution in [2.24, 2.45) is 0 Å². The average Bonchev–Trinajstić information content (AvgIpc) is 2.48. The van der Waals surface area contributed by atoms with E-state index in [2.05, 4.69) is 10.3 Å². The maximum atomic E-state index is 11.6. The number of pyridine rings is 1. The molecule has 1 fully saturated rings. The molecule has 1 saturated heterocycles. The van der Waals surface area contributed by atoms with Gasteiger partial charge in [-0.1, -0.05) is 0 Å². The first-order chi connectivity index (χ1) is 9.31. The largest absolute Gasteiger partial charge is 0.465 e. The van der Waals surface area contributed by atoms with Gasteiger partial charge in [0.1, 0.15) is 11.4 Å². The molecule has 0 spiro atoms. The van der Waals surface area contributed by atoms with Gasteiger partial charge < -0.3 is 14.8 Å². The van der Waals surface area contributed by atoms with Crippen molar-refractivity contribution in [3.05, 3.63) is 23.9 Å². The van der Waals surface area contributed by atoms with Crippen LogP contribution >= 0.6 is 0 Å². The predicted octanol–water partition coefficient (Wildman–Crippen LogP) is 2.24. The van der Waals surface area contributed by atoms with E-state index in [-0.39, 0.29) is 5.97 Å². The normalized spacial score (nSPS) is 18.9. The van der Waals surface area contributed by atoms with Gasteiger partial charge in [0.25, 0.3) is 0 Å². The van der Waals surface area contributed by atoms with E-state index >= 15 is 0 Å². The Labute approximate surface area is 113 Å². The first kappa shape index (κ1) is 13.8. The van der Waals surface area contributed by atoms with E-state index in [9.17, 15) is 4.79 Å². The summed E-state index contributed by atoms with van der Waals surface area (Å²) in [6, 6.07) is 3.43. The minimum atomic E-state index is -0.371. The number of esters is 1. The number of hydrogen-bond acceptors (Lipinski definition) is 5. The van der Waals surface area contributed by atoms with Crippen LogP contribution in [0.5, 0.6) is 0 Å². The Bertz CT molecular complexity index is 417. The van der Waals surface area contributed by atoms with E-state index in [1.54, 1.807) is 18.3 Å². The van der Waals surface area contributed by atoms with Crippen LogP contribution in [0.2, 0.25) is 0 Å². The minimum Gasteiger partial charge on any atom is -0.465 e. The molecule has 0 aromatic carbocycles. The Morgan fingerprint density at radius 2 is 2.47 bits per heavy atom. The lowest BCUT2D eigenvalue weighted by Crippen LogP contribution is -2.22. The number of carbonyl (C=O) groups excluding carboxylic acids is 1. The number of nitrogens with zero attached hydrogens (tertiary/aromatic N) is 1. The Morgan fingerprint density at radius 3 is 3.21 bits per heavy atom. The molecule has 0 saturated carbocycles. The van der Waals surface area contributed by atoms with Gasteiger partial charge in [0.15, 0.2) is 0 Å². The molecule has 5 heteroatoms. The van der Waals surface area contributed by atoms with Gasteiger partial charge in [-0.05, 0) is 37.8 Å². The number of aromatic nitrogens is 1. The molecule has 19 heavy (non-hydrogen) atoms. The summed E-state index contributed by atoms with van der Waals surface area (Å²) in [5.41, 5.74) is 0.467. The van der Waals surface area contributed by atoms with Gasteiger partial charge in [0.2, 0.25) is 0 Å². The molecule has 0 aliphatic carbocycles. The summed E-state index contributed by atoms with van der Waals surface area (Å²) in [5.74, 6) is 0.203. The lowest BCUT2D eigenvalue weighted by molar-refractivity contribution is 0.0134. The van der Waals surface area contributed by atoms with Crippen LogP contribution < -0.4 is 5.32 Å². The van der Waals surface area contributed by atoms with Crippen LogP contribution in [0.4, 0.5) is 5.82 Å². The smallest absolute Gasteiger partial charge is 0.341 e. The Morgan fingerprint density at radius 1 is 1.58 bits per heavy atom. The zero-order chi connectivity index (χ0) is 13.5. The quantitative estimate of drug-likeness (QED) is 0.826. The Balaban J connectivity index is 1.86. The third-order valence-electron chi connectivity index (χ3n) is 3.25. The van der Waals surface area contributed by atoms with Gasteiger partial charge in [-0.3, -0.25) is 0 Å². The number of methoxy groups -OCH3 is 1. The van der Waals surface area contributed by atoms with Crippen LogP contribution in [0, 0.1) is 0 Å². The van der Waals surface area contributed by atoms with E-state index in [0.717, 1.165) is 32.4 Å². The first-order valence-electron chi connectivity index (χ1n) is 6.70. The molecule has 1 aromatic rings. The summed E-state index contributed by atoms with van der Waals surface area (Å²) in [6.07, 6.45) is 6.43. The first-order valence-corrected chi connectivity index (χ1v) is 6.70. The van der Waals surface area contributed by atoms with Crippen molar-refractivity contribution in [2.75, 3.05) is 25.6 Å². The monoisotopic (exact) mass is 264 g/mol. The molecule has 1 N–H and O–H groups in total. The van der Waals surface area contributed by atoms with Crippen LogP contribution in [-0.2, 0) is 9.47 Å². The summed E-state index contributed by atoms with van der Waals surface area (Å²) in [4.78, 5) is 15.7. The summed E-state index contributed by atoms with van der Waals surface area (Å²) in [5, 5.41) is 3.18. The third-order valence-corrected chi connectivity index (χ3v) is 3.25. The zero-order valence-corrected chi connectivity index (χ0v) is 11.2. The van der Waals surface area contributed by atoms with Crippen molar-refractivity contribution < 1.29 is 14.3 Å². The average molecular weight is 264 g/mol. The number of rotatable bonds is 5.